The highest BCUT2D eigenvalue weighted by atomic mass is 79.9. The third-order valence-corrected chi connectivity index (χ3v) is 3.93. The molecule has 0 fully saturated rings. The summed E-state index contributed by atoms with van der Waals surface area (Å²) in [5.41, 5.74) is 3.09. The average molecular weight is 332 g/mol. The van der Waals surface area contributed by atoms with E-state index in [1.165, 1.54) is 0 Å². The smallest absolute Gasteiger partial charge is 0.188 e. The van der Waals surface area contributed by atoms with Crippen LogP contribution >= 0.6 is 27.3 Å². The normalized spacial score (nSPS) is 10.6. The first-order chi connectivity index (χ1) is 9.22. The number of thiazole rings is 1. The third kappa shape index (κ3) is 2.72. The molecule has 19 heavy (non-hydrogen) atoms. The largest absolute Gasteiger partial charge is 0.234 e. The molecule has 1 aromatic carbocycles. The Balaban J connectivity index is 1.97. The van der Waals surface area contributed by atoms with Gasteiger partial charge in [-0.05, 0) is 24.6 Å². The van der Waals surface area contributed by atoms with E-state index in [0.717, 1.165) is 26.3 Å². The van der Waals surface area contributed by atoms with Crippen molar-refractivity contribution in [1.82, 2.24) is 15.0 Å². The van der Waals surface area contributed by atoms with Gasteiger partial charge in [0.1, 0.15) is 0 Å². The van der Waals surface area contributed by atoms with Gasteiger partial charge >= 0.3 is 0 Å². The molecular formula is C14H10BrN3S. The predicted molar refractivity (Wildman–Crippen MR) is 81.0 cm³/mol. The van der Waals surface area contributed by atoms with Crippen LogP contribution in [0.25, 0.3) is 22.1 Å². The van der Waals surface area contributed by atoms with Crippen molar-refractivity contribution in [3.63, 3.8) is 0 Å². The molecule has 0 radical (unpaired) electrons. The summed E-state index contributed by atoms with van der Waals surface area (Å²) in [5, 5.41) is 2.87. The van der Waals surface area contributed by atoms with Gasteiger partial charge in [0.15, 0.2) is 10.8 Å². The SMILES string of the molecule is Cc1cnc(-c2nc(-c3cccc(Br)c3)cs2)nc1. The van der Waals surface area contributed by atoms with E-state index in [1.807, 2.05) is 42.9 Å². The standard InChI is InChI=1S/C14H10BrN3S/c1-9-6-16-13(17-7-9)14-18-12(8-19-14)10-3-2-4-11(15)5-10/h2-8H,1H3. The lowest BCUT2D eigenvalue weighted by Gasteiger charge is -1.97. The molecule has 2 heterocycles. The van der Waals surface area contributed by atoms with E-state index in [-0.39, 0.29) is 0 Å². The second-order valence-electron chi connectivity index (χ2n) is 4.13. The summed E-state index contributed by atoms with van der Waals surface area (Å²) in [6.07, 6.45) is 3.62. The van der Waals surface area contributed by atoms with E-state index in [4.69, 9.17) is 0 Å². The second kappa shape index (κ2) is 5.19. The number of rotatable bonds is 2. The number of hydrogen-bond acceptors (Lipinski definition) is 4. The molecule has 0 saturated heterocycles. The van der Waals surface area contributed by atoms with Crippen LogP contribution in [0.15, 0.2) is 46.5 Å². The van der Waals surface area contributed by atoms with Gasteiger partial charge in [-0.2, -0.15) is 0 Å². The lowest BCUT2D eigenvalue weighted by atomic mass is 10.2. The van der Waals surface area contributed by atoms with Crippen LogP contribution in [0.4, 0.5) is 0 Å². The van der Waals surface area contributed by atoms with Crippen LogP contribution in [0.3, 0.4) is 0 Å². The van der Waals surface area contributed by atoms with E-state index < -0.39 is 0 Å². The maximum absolute atomic E-state index is 4.59. The number of benzene rings is 1. The third-order valence-electron chi connectivity index (χ3n) is 2.60. The van der Waals surface area contributed by atoms with Gasteiger partial charge in [0, 0.05) is 27.8 Å². The summed E-state index contributed by atoms with van der Waals surface area (Å²) in [6.45, 7) is 1.97. The predicted octanol–water partition coefficient (Wildman–Crippen LogP) is 4.34. The number of hydrogen-bond donors (Lipinski definition) is 0. The first-order valence-electron chi connectivity index (χ1n) is 5.73. The lowest BCUT2D eigenvalue weighted by molar-refractivity contribution is 1.13. The van der Waals surface area contributed by atoms with Crippen molar-refractivity contribution in [2.75, 3.05) is 0 Å². The van der Waals surface area contributed by atoms with Crippen molar-refractivity contribution in [3.05, 3.63) is 52.1 Å². The van der Waals surface area contributed by atoms with Crippen LogP contribution in [0, 0.1) is 6.92 Å². The summed E-state index contributed by atoms with van der Waals surface area (Å²) in [7, 11) is 0. The van der Waals surface area contributed by atoms with Crippen LogP contribution in [0.2, 0.25) is 0 Å². The molecule has 0 spiro atoms. The Morgan fingerprint density at radius 3 is 2.68 bits per heavy atom. The number of aromatic nitrogens is 3. The van der Waals surface area contributed by atoms with Crippen LogP contribution < -0.4 is 0 Å². The van der Waals surface area contributed by atoms with Gasteiger partial charge < -0.3 is 0 Å². The zero-order valence-corrected chi connectivity index (χ0v) is 12.6. The van der Waals surface area contributed by atoms with Crippen molar-refractivity contribution < 1.29 is 0 Å². The van der Waals surface area contributed by atoms with Crippen LogP contribution in [0.5, 0.6) is 0 Å². The van der Waals surface area contributed by atoms with E-state index in [9.17, 15) is 0 Å². The molecule has 0 aliphatic carbocycles. The van der Waals surface area contributed by atoms with Crippen molar-refractivity contribution in [3.8, 4) is 22.1 Å². The van der Waals surface area contributed by atoms with Gasteiger partial charge in [-0.3, -0.25) is 0 Å². The molecule has 3 nitrogen and oxygen atoms in total. The van der Waals surface area contributed by atoms with Crippen LogP contribution in [0.1, 0.15) is 5.56 Å². The highest BCUT2D eigenvalue weighted by molar-refractivity contribution is 9.10. The highest BCUT2D eigenvalue weighted by Crippen LogP contribution is 2.28. The molecule has 0 unspecified atom stereocenters. The molecule has 0 aliphatic heterocycles. The van der Waals surface area contributed by atoms with Gasteiger partial charge in [0.05, 0.1) is 5.69 Å². The van der Waals surface area contributed by atoms with E-state index in [1.54, 1.807) is 11.3 Å². The minimum atomic E-state index is 0.678. The van der Waals surface area contributed by atoms with Crippen molar-refractivity contribution in [2.24, 2.45) is 0 Å². The fourth-order valence-corrected chi connectivity index (χ4v) is 2.83. The zero-order valence-electron chi connectivity index (χ0n) is 10.2. The Morgan fingerprint density at radius 2 is 1.95 bits per heavy atom. The summed E-state index contributed by atoms with van der Waals surface area (Å²) in [6, 6.07) is 8.09. The van der Waals surface area contributed by atoms with Crippen molar-refractivity contribution in [2.45, 2.75) is 6.92 Å². The minimum Gasteiger partial charge on any atom is -0.234 e. The lowest BCUT2D eigenvalue weighted by Crippen LogP contribution is -1.88. The molecule has 94 valence electrons. The van der Waals surface area contributed by atoms with Gasteiger partial charge in [0.25, 0.3) is 0 Å². The molecule has 0 atom stereocenters. The fourth-order valence-electron chi connectivity index (χ4n) is 1.66. The van der Waals surface area contributed by atoms with Gasteiger partial charge in [0.2, 0.25) is 0 Å². The zero-order chi connectivity index (χ0) is 13.2. The second-order valence-corrected chi connectivity index (χ2v) is 5.91. The molecule has 2 aromatic heterocycles. The first kappa shape index (κ1) is 12.4. The number of halogens is 1. The number of aryl methyl sites for hydroxylation is 1. The quantitative estimate of drug-likeness (QED) is 0.701. The highest BCUT2D eigenvalue weighted by Gasteiger charge is 2.08. The molecule has 0 saturated carbocycles. The molecule has 0 amide bonds. The number of nitrogens with zero attached hydrogens (tertiary/aromatic N) is 3. The van der Waals surface area contributed by atoms with Crippen LogP contribution in [-0.4, -0.2) is 15.0 Å². The molecule has 3 aromatic rings. The molecule has 0 N–H and O–H groups in total. The van der Waals surface area contributed by atoms with Gasteiger partial charge in [-0.1, -0.05) is 28.1 Å². The van der Waals surface area contributed by atoms with Crippen molar-refractivity contribution >= 4 is 27.3 Å². The van der Waals surface area contributed by atoms with Gasteiger partial charge in [-0.15, -0.1) is 11.3 Å². The minimum absolute atomic E-state index is 0.678. The van der Waals surface area contributed by atoms with E-state index >= 15 is 0 Å². The Morgan fingerprint density at radius 1 is 1.16 bits per heavy atom. The Kier molecular flexibility index (Phi) is 3.40. The summed E-state index contributed by atoms with van der Waals surface area (Å²) < 4.78 is 1.05. The molecular weight excluding hydrogens is 322 g/mol. The van der Waals surface area contributed by atoms with E-state index in [0.29, 0.717) is 5.82 Å². The maximum atomic E-state index is 4.59. The summed E-state index contributed by atoms with van der Waals surface area (Å²) >= 11 is 5.03. The van der Waals surface area contributed by atoms with Crippen molar-refractivity contribution in [1.29, 1.82) is 0 Å². The molecule has 5 heteroatoms. The average Bonchev–Trinajstić information content (AvgIpc) is 2.89. The Bertz CT molecular complexity index is 707. The maximum Gasteiger partial charge on any atom is 0.188 e. The van der Waals surface area contributed by atoms with Crippen LogP contribution in [-0.2, 0) is 0 Å². The van der Waals surface area contributed by atoms with E-state index in [2.05, 4.69) is 36.9 Å². The fraction of sp³-hybridized carbons (Fsp3) is 0.0714. The summed E-state index contributed by atoms with van der Waals surface area (Å²) in [5.74, 6) is 0.678. The molecule has 3 rings (SSSR count). The topological polar surface area (TPSA) is 38.7 Å². The van der Waals surface area contributed by atoms with Gasteiger partial charge in [-0.25, -0.2) is 15.0 Å². The Hall–Kier alpha value is -1.59. The monoisotopic (exact) mass is 331 g/mol. The summed E-state index contributed by atoms with van der Waals surface area (Å²) in [4.78, 5) is 13.2. The Labute approximate surface area is 123 Å². The first-order valence-corrected chi connectivity index (χ1v) is 7.40. The molecule has 0 aliphatic rings. The molecule has 0 bridgehead atoms.